The molecular formula is C8H10O4. The third-order valence-corrected chi connectivity index (χ3v) is 3.11. The Morgan fingerprint density at radius 2 is 2.50 bits per heavy atom. The van der Waals surface area contributed by atoms with Gasteiger partial charge in [0.25, 0.3) is 0 Å². The second-order valence-corrected chi connectivity index (χ2v) is 3.83. The summed E-state index contributed by atoms with van der Waals surface area (Å²) in [6, 6.07) is 0. The maximum atomic E-state index is 10.5. The molecule has 1 N–H and O–H groups in total. The molecule has 0 bridgehead atoms. The zero-order chi connectivity index (χ0) is 8.40. The van der Waals surface area contributed by atoms with E-state index in [4.69, 9.17) is 14.6 Å². The maximum absolute atomic E-state index is 10.5. The van der Waals surface area contributed by atoms with Gasteiger partial charge in [0.15, 0.2) is 0 Å². The van der Waals surface area contributed by atoms with Gasteiger partial charge in [-0.2, -0.15) is 0 Å². The topological polar surface area (TPSA) is 62.4 Å². The third-order valence-electron chi connectivity index (χ3n) is 3.11. The Hall–Kier alpha value is -0.610. The molecule has 1 saturated carbocycles. The molecule has 0 aromatic rings. The Labute approximate surface area is 69.5 Å². The minimum Gasteiger partial charge on any atom is -0.481 e. The highest BCUT2D eigenvalue weighted by Crippen LogP contribution is 2.70. The standard InChI is InChI=1S/C8H10O4/c9-6(10)4-7-3-1-2-5-8(7,11-5)12-7/h5H,1-4H2,(H,9,10). The fourth-order valence-corrected chi connectivity index (χ4v) is 2.47. The van der Waals surface area contributed by atoms with Gasteiger partial charge >= 0.3 is 5.97 Å². The molecule has 3 rings (SSSR count). The summed E-state index contributed by atoms with van der Waals surface area (Å²) in [6.45, 7) is 0. The van der Waals surface area contributed by atoms with Crippen molar-refractivity contribution in [1.82, 2.24) is 0 Å². The first-order valence-corrected chi connectivity index (χ1v) is 4.28. The van der Waals surface area contributed by atoms with E-state index in [1.165, 1.54) is 0 Å². The van der Waals surface area contributed by atoms with Gasteiger partial charge in [-0.05, 0) is 19.3 Å². The van der Waals surface area contributed by atoms with Crippen LogP contribution in [0.15, 0.2) is 0 Å². The average molecular weight is 170 g/mol. The van der Waals surface area contributed by atoms with E-state index < -0.39 is 17.4 Å². The minimum absolute atomic E-state index is 0.101. The second kappa shape index (κ2) is 1.67. The van der Waals surface area contributed by atoms with Crippen LogP contribution in [0.3, 0.4) is 0 Å². The van der Waals surface area contributed by atoms with Crippen molar-refractivity contribution in [2.75, 3.05) is 0 Å². The van der Waals surface area contributed by atoms with E-state index in [1.807, 2.05) is 0 Å². The number of aliphatic carboxylic acids is 1. The van der Waals surface area contributed by atoms with Crippen LogP contribution >= 0.6 is 0 Å². The monoisotopic (exact) mass is 170 g/mol. The molecule has 0 radical (unpaired) electrons. The first-order valence-electron chi connectivity index (χ1n) is 4.28. The number of rotatable bonds is 2. The predicted molar refractivity (Wildman–Crippen MR) is 37.5 cm³/mol. The lowest BCUT2D eigenvalue weighted by atomic mass is 9.87. The van der Waals surface area contributed by atoms with Crippen LogP contribution in [0.25, 0.3) is 0 Å². The Kier molecular flexibility index (Phi) is 0.957. The van der Waals surface area contributed by atoms with E-state index >= 15 is 0 Å². The van der Waals surface area contributed by atoms with Crippen molar-refractivity contribution in [3.63, 3.8) is 0 Å². The first-order chi connectivity index (χ1) is 5.69. The van der Waals surface area contributed by atoms with Gasteiger partial charge in [0.05, 0.1) is 6.42 Å². The van der Waals surface area contributed by atoms with E-state index in [9.17, 15) is 4.79 Å². The average Bonchev–Trinajstić information content (AvgIpc) is 2.71. The van der Waals surface area contributed by atoms with Gasteiger partial charge in [-0.1, -0.05) is 0 Å². The van der Waals surface area contributed by atoms with Crippen molar-refractivity contribution in [3.05, 3.63) is 0 Å². The van der Waals surface area contributed by atoms with Crippen LogP contribution in [0.2, 0.25) is 0 Å². The quantitative estimate of drug-likeness (QED) is 0.613. The van der Waals surface area contributed by atoms with Gasteiger partial charge in [0.1, 0.15) is 11.7 Å². The number of hydrogen-bond donors (Lipinski definition) is 1. The molecule has 4 heteroatoms. The van der Waals surface area contributed by atoms with Gasteiger partial charge in [-0.3, -0.25) is 4.79 Å². The first kappa shape index (κ1) is 6.86. The molecule has 3 fully saturated rings. The predicted octanol–water partition coefficient (Wildman–Crippen LogP) is 0.509. The molecule has 2 saturated heterocycles. The fourth-order valence-electron chi connectivity index (χ4n) is 2.47. The summed E-state index contributed by atoms with van der Waals surface area (Å²) < 4.78 is 10.8. The number of carbonyl (C=O) groups is 1. The summed E-state index contributed by atoms with van der Waals surface area (Å²) in [7, 11) is 0. The molecule has 2 heterocycles. The van der Waals surface area contributed by atoms with E-state index in [0.717, 1.165) is 19.3 Å². The van der Waals surface area contributed by atoms with Gasteiger partial charge in [-0.25, -0.2) is 0 Å². The van der Waals surface area contributed by atoms with Crippen LogP contribution in [-0.4, -0.2) is 28.6 Å². The van der Waals surface area contributed by atoms with Crippen LogP contribution in [0.4, 0.5) is 0 Å². The number of carboxylic acids is 1. The van der Waals surface area contributed by atoms with E-state index in [2.05, 4.69) is 0 Å². The van der Waals surface area contributed by atoms with E-state index in [-0.39, 0.29) is 12.5 Å². The van der Waals surface area contributed by atoms with E-state index in [1.54, 1.807) is 0 Å². The van der Waals surface area contributed by atoms with Crippen LogP contribution in [0.5, 0.6) is 0 Å². The summed E-state index contributed by atoms with van der Waals surface area (Å²) in [5, 5.41) is 8.66. The molecule has 2 aliphatic heterocycles. The Bertz CT molecular complexity index is 260. The summed E-state index contributed by atoms with van der Waals surface area (Å²) in [6.07, 6.45) is 3.20. The smallest absolute Gasteiger partial charge is 0.306 e. The van der Waals surface area contributed by atoms with Crippen LogP contribution in [0, 0.1) is 0 Å². The zero-order valence-electron chi connectivity index (χ0n) is 6.58. The summed E-state index contributed by atoms with van der Waals surface area (Å²) in [4.78, 5) is 10.5. The number of carboxylic acid groups (broad SMARTS) is 1. The molecule has 66 valence electrons. The molecule has 0 amide bonds. The number of ether oxygens (including phenoxy) is 2. The normalized spacial score (nSPS) is 53.8. The van der Waals surface area contributed by atoms with Crippen molar-refractivity contribution in [1.29, 1.82) is 0 Å². The van der Waals surface area contributed by atoms with Crippen molar-refractivity contribution < 1.29 is 19.4 Å². The fraction of sp³-hybridized carbons (Fsp3) is 0.875. The molecule has 12 heavy (non-hydrogen) atoms. The van der Waals surface area contributed by atoms with Crippen LogP contribution in [0.1, 0.15) is 25.7 Å². The molecule has 3 atom stereocenters. The Morgan fingerprint density at radius 1 is 1.67 bits per heavy atom. The molecule has 4 nitrogen and oxygen atoms in total. The van der Waals surface area contributed by atoms with Crippen molar-refractivity contribution in [2.45, 2.75) is 43.2 Å². The van der Waals surface area contributed by atoms with Crippen molar-refractivity contribution in [3.8, 4) is 0 Å². The summed E-state index contributed by atoms with van der Waals surface area (Å²) >= 11 is 0. The van der Waals surface area contributed by atoms with Crippen LogP contribution in [-0.2, 0) is 14.3 Å². The molecule has 1 spiro atoms. The van der Waals surface area contributed by atoms with Gasteiger partial charge < -0.3 is 14.6 Å². The maximum Gasteiger partial charge on any atom is 0.306 e. The zero-order valence-corrected chi connectivity index (χ0v) is 6.58. The van der Waals surface area contributed by atoms with Crippen molar-refractivity contribution in [2.24, 2.45) is 0 Å². The van der Waals surface area contributed by atoms with Gasteiger partial charge in [-0.15, -0.1) is 0 Å². The Balaban J connectivity index is 1.81. The van der Waals surface area contributed by atoms with E-state index in [0.29, 0.717) is 0 Å². The lowest BCUT2D eigenvalue weighted by molar-refractivity contribution is -0.138. The molecule has 0 aromatic carbocycles. The number of epoxide rings is 2. The summed E-state index contributed by atoms with van der Waals surface area (Å²) in [5.41, 5.74) is -0.443. The molecule has 1 aliphatic carbocycles. The largest absolute Gasteiger partial charge is 0.481 e. The lowest BCUT2D eigenvalue weighted by Gasteiger charge is -2.10. The van der Waals surface area contributed by atoms with Crippen LogP contribution < -0.4 is 0 Å². The lowest BCUT2D eigenvalue weighted by Crippen LogP contribution is -2.25. The third kappa shape index (κ3) is 0.593. The molecule has 3 aliphatic rings. The highest BCUT2D eigenvalue weighted by atomic mass is 16.9. The molecular weight excluding hydrogens is 160 g/mol. The summed E-state index contributed by atoms with van der Waals surface area (Å²) in [5.74, 6) is -1.23. The van der Waals surface area contributed by atoms with Gasteiger partial charge in [0, 0.05) is 0 Å². The molecule has 3 unspecified atom stereocenters. The highest BCUT2D eigenvalue weighted by molar-refractivity contribution is 5.69. The number of hydrogen-bond acceptors (Lipinski definition) is 3. The Morgan fingerprint density at radius 3 is 3.25 bits per heavy atom. The SMILES string of the molecule is O=C(O)CC12CCCC3OC31O2. The van der Waals surface area contributed by atoms with Gasteiger partial charge in [0.2, 0.25) is 5.79 Å². The minimum atomic E-state index is -0.789. The second-order valence-electron chi connectivity index (χ2n) is 3.83. The highest BCUT2D eigenvalue weighted by Gasteiger charge is 2.86. The van der Waals surface area contributed by atoms with Crippen molar-refractivity contribution >= 4 is 5.97 Å². The molecule has 0 aromatic heterocycles.